The van der Waals surface area contributed by atoms with E-state index in [0.29, 0.717) is 18.3 Å². The number of benzene rings is 1. The molecular formula is C25H27FN4O2. The van der Waals surface area contributed by atoms with E-state index < -0.39 is 0 Å². The molecule has 32 heavy (non-hydrogen) atoms. The molecule has 1 unspecified atom stereocenters. The summed E-state index contributed by atoms with van der Waals surface area (Å²) in [4.78, 5) is 6.67. The highest BCUT2D eigenvalue weighted by molar-refractivity contribution is 5.67. The predicted molar refractivity (Wildman–Crippen MR) is 121 cm³/mol. The number of anilines is 1. The Morgan fingerprint density at radius 2 is 1.94 bits per heavy atom. The molecule has 166 valence electrons. The van der Waals surface area contributed by atoms with Gasteiger partial charge in [0.05, 0.1) is 6.04 Å². The lowest BCUT2D eigenvalue weighted by Gasteiger charge is -2.35. The summed E-state index contributed by atoms with van der Waals surface area (Å²) >= 11 is 0. The molecule has 3 heterocycles. The van der Waals surface area contributed by atoms with Crippen LogP contribution in [-0.2, 0) is 0 Å². The number of nitriles is 1. The molecule has 2 aromatic heterocycles. The van der Waals surface area contributed by atoms with Crippen LogP contribution < -0.4 is 5.32 Å². The van der Waals surface area contributed by atoms with E-state index in [1.165, 1.54) is 12.1 Å². The van der Waals surface area contributed by atoms with E-state index >= 15 is 0 Å². The number of nitrogens with one attached hydrogen (secondary N) is 1. The highest BCUT2D eigenvalue weighted by Crippen LogP contribution is 2.29. The van der Waals surface area contributed by atoms with E-state index in [0.717, 1.165) is 48.9 Å². The van der Waals surface area contributed by atoms with Crippen LogP contribution in [0.3, 0.4) is 0 Å². The fraction of sp³-hybridized carbons (Fsp3) is 0.360. The van der Waals surface area contributed by atoms with Gasteiger partial charge in [-0.2, -0.15) is 10.2 Å². The zero-order valence-corrected chi connectivity index (χ0v) is 18.3. The number of halogens is 1. The number of aryl methyl sites for hydroxylation is 1. The van der Waals surface area contributed by atoms with Crippen molar-refractivity contribution in [1.29, 1.82) is 5.26 Å². The number of rotatable bonds is 7. The Morgan fingerprint density at radius 1 is 1.19 bits per heavy atom. The molecule has 1 fully saturated rings. The lowest BCUT2D eigenvalue weighted by atomic mass is 9.97. The van der Waals surface area contributed by atoms with Crippen LogP contribution in [0.5, 0.6) is 0 Å². The van der Waals surface area contributed by atoms with Gasteiger partial charge in [-0.25, -0.2) is 4.39 Å². The van der Waals surface area contributed by atoms with Gasteiger partial charge in [-0.15, -0.1) is 0 Å². The number of aromatic nitrogens is 1. The second-order valence-electron chi connectivity index (χ2n) is 8.29. The van der Waals surface area contributed by atoms with Crippen LogP contribution in [0.15, 0.2) is 45.2 Å². The molecule has 1 saturated heterocycles. The number of oxazole rings is 1. The van der Waals surface area contributed by atoms with Gasteiger partial charge in [-0.3, -0.25) is 4.90 Å². The van der Waals surface area contributed by atoms with Crippen LogP contribution in [0, 0.1) is 30.0 Å². The van der Waals surface area contributed by atoms with Gasteiger partial charge in [0, 0.05) is 12.6 Å². The smallest absolute Gasteiger partial charge is 0.232 e. The standard InChI is InChI=1S/C25H27FN4O2/c1-17-11-13-30(14-12-17)22(23-9-3-18(2)31-23)16-28-25-21(15-27)29-24(32-25)10-6-19-4-7-20(26)8-5-19/h3-10,17,22,28H,11-14,16H2,1-2H3. The minimum absolute atomic E-state index is 0.0334. The second-order valence-corrected chi connectivity index (χ2v) is 8.29. The third-order valence-corrected chi connectivity index (χ3v) is 5.84. The zero-order valence-electron chi connectivity index (χ0n) is 18.3. The van der Waals surface area contributed by atoms with Crippen molar-refractivity contribution in [3.8, 4) is 6.07 Å². The molecule has 0 bridgehead atoms. The summed E-state index contributed by atoms with van der Waals surface area (Å²) in [6, 6.07) is 12.2. The number of hydrogen-bond donors (Lipinski definition) is 1. The first-order valence-electron chi connectivity index (χ1n) is 10.9. The Bertz CT molecular complexity index is 1100. The minimum Gasteiger partial charge on any atom is -0.465 e. The van der Waals surface area contributed by atoms with Crippen LogP contribution in [0.25, 0.3) is 12.2 Å². The maximum Gasteiger partial charge on any atom is 0.232 e. The molecule has 1 aliphatic rings. The molecule has 7 heteroatoms. The Kier molecular flexibility index (Phi) is 6.72. The van der Waals surface area contributed by atoms with Crippen molar-refractivity contribution in [1.82, 2.24) is 9.88 Å². The molecule has 6 nitrogen and oxygen atoms in total. The van der Waals surface area contributed by atoms with Gasteiger partial charge in [-0.1, -0.05) is 19.1 Å². The topological polar surface area (TPSA) is 78.2 Å². The first-order chi connectivity index (χ1) is 15.5. The molecule has 0 amide bonds. The Morgan fingerprint density at radius 3 is 2.59 bits per heavy atom. The molecule has 0 aliphatic carbocycles. The quantitative estimate of drug-likeness (QED) is 0.518. The van der Waals surface area contributed by atoms with Crippen molar-refractivity contribution < 1.29 is 13.2 Å². The fourth-order valence-electron chi connectivity index (χ4n) is 3.92. The van der Waals surface area contributed by atoms with E-state index in [1.807, 2.05) is 19.1 Å². The molecule has 1 N–H and O–H groups in total. The van der Waals surface area contributed by atoms with Crippen molar-refractivity contribution in [2.75, 3.05) is 25.0 Å². The Labute approximate surface area is 187 Å². The fourth-order valence-corrected chi connectivity index (χ4v) is 3.92. The third-order valence-electron chi connectivity index (χ3n) is 5.84. The van der Waals surface area contributed by atoms with Crippen molar-refractivity contribution in [2.24, 2.45) is 5.92 Å². The number of furan rings is 1. The lowest BCUT2D eigenvalue weighted by Crippen LogP contribution is -2.39. The lowest BCUT2D eigenvalue weighted by molar-refractivity contribution is 0.128. The van der Waals surface area contributed by atoms with Crippen molar-refractivity contribution in [3.05, 3.63) is 70.9 Å². The molecule has 1 atom stereocenters. The molecule has 1 aliphatic heterocycles. The van der Waals surface area contributed by atoms with Gasteiger partial charge in [0.1, 0.15) is 23.4 Å². The van der Waals surface area contributed by atoms with E-state index in [4.69, 9.17) is 8.83 Å². The number of likely N-dealkylation sites (tertiary alicyclic amines) is 1. The van der Waals surface area contributed by atoms with Crippen molar-refractivity contribution in [3.63, 3.8) is 0 Å². The monoisotopic (exact) mass is 434 g/mol. The first kappa shape index (κ1) is 21.8. The summed E-state index contributed by atoms with van der Waals surface area (Å²) in [5.74, 6) is 2.87. The summed E-state index contributed by atoms with van der Waals surface area (Å²) in [6.45, 7) is 6.76. The van der Waals surface area contributed by atoms with Gasteiger partial charge in [0.15, 0.2) is 0 Å². The zero-order chi connectivity index (χ0) is 22.5. The summed E-state index contributed by atoms with van der Waals surface area (Å²) in [5, 5.41) is 12.8. The SMILES string of the molecule is Cc1ccc(C(CNc2oc(C=Cc3ccc(F)cc3)nc2C#N)N2CCC(C)CC2)o1. The number of hydrogen-bond acceptors (Lipinski definition) is 6. The first-order valence-corrected chi connectivity index (χ1v) is 10.9. The molecule has 0 saturated carbocycles. The van der Waals surface area contributed by atoms with Crippen molar-refractivity contribution in [2.45, 2.75) is 32.7 Å². The number of piperidine rings is 1. The largest absolute Gasteiger partial charge is 0.465 e. The maximum absolute atomic E-state index is 13.1. The molecular weight excluding hydrogens is 407 g/mol. The van der Waals surface area contributed by atoms with Crippen LogP contribution in [0.1, 0.15) is 54.5 Å². The average Bonchev–Trinajstić information content (AvgIpc) is 3.40. The summed E-state index contributed by atoms with van der Waals surface area (Å²) in [5.41, 5.74) is 1.01. The van der Waals surface area contributed by atoms with E-state index in [9.17, 15) is 9.65 Å². The summed E-state index contributed by atoms with van der Waals surface area (Å²) in [7, 11) is 0. The average molecular weight is 435 g/mol. The van der Waals surface area contributed by atoms with Crippen LogP contribution in [-0.4, -0.2) is 29.5 Å². The van der Waals surface area contributed by atoms with Gasteiger partial charge in [-0.05, 0) is 74.7 Å². The molecule has 4 rings (SSSR count). The van der Waals surface area contributed by atoms with E-state index in [1.54, 1.807) is 24.3 Å². The highest BCUT2D eigenvalue weighted by atomic mass is 19.1. The Hall–Kier alpha value is -3.37. The normalized spacial score (nSPS) is 16.3. The van der Waals surface area contributed by atoms with Crippen molar-refractivity contribution >= 4 is 18.0 Å². The highest BCUT2D eigenvalue weighted by Gasteiger charge is 2.27. The third kappa shape index (κ3) is 5.27. The molecule has 3 aromatic rings. The van der Waals surface area contributed by atoms with Crippen LogP contribution >= 0.6 is 0 Å². The second kappa shape index (κ2) is 9.84. The van der Waals surface area contributed by atoms with Gasteiger partial charge >= 0.3 is 0 Å². The van der Waals surface area contributed by atoms with E-state index in [-0.39, 0.29) is 17.6 Å². The van der Waals surface area contributed by atoms with Crippen LogP contribution in [0.4, 0.5) is 10.3 Å². The number of nitrogens with zero attached hydrogens (tertiary/aromatic N) is 3. The maximum atomic E-state index is 13.1. The molecule has 0 radical (unpaired) electrons. The van der Waals surface area contributed by atoms with Gasteiger partial charge in [0.25, 0.3) is 0 Å². The summed E-state index contributed by atoms with van der Waals surface area (Å²) < 4.78 is 24.8. The van der Waals surface area contributed by atoms with Gasteiger partial charge in [0.2, 0.25) is 17.5 Å². The summed E-state index contributed by atoms with van der Waals surface area (Å²) in [6.07, 6.45) is 5.73. The minimum atomic E-state index is -0.291. The Balaban J connectivity index is 1.49. The van der Waals surface area contributed by atoms with Crippen LogP contribution in [0.2, 0.25) is 0 Å². The van der Waals surface area contributed by atoms with Gasteiger partial charge < -0.3 is 14.2 Å². The molecule has 1 aromatic carbocycles. The van der Waals surface area contributed by atoms with E-state index in [2.05, 4.69) is 28.2 Å². The predicted octanol–water partition coefficient (Wildman–Crippen LogP) is 5.64. The molecule has 0 spiro atoms.